The zero-order valence-electron chi connectivity index (χ0n) is 14.3. The summed E-state index contributed by atoms with van der Waals surface area (Å²) in [6.45, 7) is 0. The van der Waals surface area contributed by atoms with Gasteiger partial charge in [0.15, 0.2) is 8.68 Å². The van der Waals surface area contributed by atoms with Crippen molar-refractivity contribution < 1.29 is 9.53 Å². The summed E-state index contributed by atoms with van der Waals surface area (Å²) in [6.07, 6.45) is 0. The van der Waals surface area contributed by atoms with Gasteiger partial charge >= 0.3 is 0 Å². The highest BCUT2D eigenvalue weighted by atomic mass is 35.5. The van der Waals surface area contributed by atoms with E-state index in [9.17, 15) is 4.79 Å². The van der Waals surface area contributed by atoms with Crippen molar-refractivity contribution >= 4 is 58.1 Å². The molecule has 140 valence electrons. The Kier molecular flexibility index (Phi) is 7.40. The van der Waals surface area contributed by atoms with E-state index < -0.39 is 0 Å². The molecule has 5 nitrogen and oxygen atoms in total. The molecule has 0 saturated carbocycles. The Bertz CT molecular complexity index is 886. The Labute approximate surface area is 174 Å². The second-order valence-electron chi connectivity index (χ2n) is 5.31. The van der Waals surface area contributed by atoms with Crippen LogP contribution in [0, 0.1) is 0 Å². The van der Waals surface area contributed by atoms with Crippen LogP contribution in [0.15, 0.2) is 57.2 Å². The number of benzene rings is 2. The molecule has 0 bridgehead atoms. The number of methoxy groups -OCH3 is 1. The van der Waals surface area contributed by atoms with E-state index in [1.165, 1.54) is 28.7 Å². The molecule has 3 rings (SSSR count). The van der Waals surface area contributed by atoms with Crippen molar-refractivity contribution in [3.8, 4) is 5.75 Å². The molecule has 1 N–H and O–H groups in total. The van der Waals surface area contributed by atoms with Gasteiger partial charge in [0.05, 0.1) is 12.9 Å². The van der Waals surface area contributed by atoms with Crippen molar-refractivity contribution in [1.82, 2.24) is 10.2 Å². The van der Waals surface area contributed by atoms with E-state index in [-0.39, 0.29) is 11.7 Å². The highest BCUT2D eigenvalue weighted by molar-refractivity contribution is 8.03. The first-order valence-corrected chi connectivity index (χ1v) is 11.1. The minimum absolute atomic E-state index is 0.0873. The Balaban J connectivity index is 1.44. The Morgan fingerprint density at radius 1 is 1.07 bits per heavy atom. The number of nitrogens with one attached hydrogen (secondary N) is 1. The van der Waals surface area contributed by atoms with Crippen LogP contribution in [0.4, 0.5) is 5.69 Å². The molecule has 1 amide bonds. The minimum Gasteiger partial charge on any atom is -0.497 e. The number of anilines is 1. The SMILES string of the molecule is COc1ccc(NC(=O)CSc2nnc(SCc3ccc(Cl)cc3)s2)cc1. The summed E-state index contributed by atoms with van der Waals surface area (Å²) in [5.74, 6) is 1.74. The lowest BCUT2D eigenvalue weighted by Gasteiger charge is -2.05. The van der Waals surface area contributed by atoms with E-state index >= 15 is 0 Å². The average molecular weight is 438 g/mol. The summed E-state index contributed by atoms with van der Waals surface area (Å²) in [4.78, 5) is 12.1. The minimum atomic E-state index is -0.0873. The number of aromatic nitrogens is 2. The van der Waals surface area contributed by atoms with E-state index in [0.29, 0.717) is 0 Å². The number of ether oxygens (including phenoxy) is 1. The molecule has 0 fully saturated rings. The number of halogens is 1. The van der Waals surface area contributed by atoms with Crippen molar-refractivity contribution in [3.05, 3.63) is 59.1 Å². The predicted octanol–water partition coefficient (Wildman–Crippen LogP) is 5.22. The van der Waals surface area contributed by atoms with Crippen LogP contribution < -0.4 is 10.1 Å². The van der Waals surface area contributed by atoms with Gasteiger partial charge in [0.2, 0.25) is 5.91 Å². The van der Waals surface area contributed by atoms with Crippen LogP contribution in [0.2, 0.25) is 5.02 Å². The summed E-state index contributed by atoms with van der Waals surface area (Å²) < 4.78 is 6.75. The van der Waals surface area contributed by atoms with Crippen LogP contribution in [0.25, 0.3) is 0 Å². The molecular weight excluding hydrogens is 422 g/mol. The van der Waals surface area contributed by atoms with Crippen LogP contribution >= 0.6 is 46.5 Å². The van der Waals surface area contributed by atoms with Crippen molar-refractivity contribution in [2.75, 3.05) is 18.2 Å². The lowest BCUT2D eigenvalue weighted by atomic mass is 10.2. The molecule has 0 saturated heterocycles. The first-order valence-electron chi connectivity index (χ1n) is 7.90. The number of amides is 1. The third-order valence-corrected chi connectivity index (χ3v) is 6.88. The topological polar surface area (TPSA) is 64.1 Å². The number of hydrogen-bond donors (Lipinski definition) is 1. The van der Waals surface area contributed by atoms with Gasteiger partial charge in [0, 0.05) is 16.5 Å². The van der Waals surface area contributed by atoms with Crippen LogP contribution in [0.3, 0.4) is 0 Å². The molecular formula is C18H16ClN3O2S3. The lowest BCUT2D eigenvalue weighted by Crippen LogP contribution is -2.13. The van der Waals surface area contributed by atoms with Gasteiger partial charge in [-0.2, -0.15) is 0 Å². The second kappa shape index (κ2) is 9.98. The Morgan fingerprint density at radius 2 is 1.74 bits per heavy atom. The zero-order chi connectivity index (χ0) is 19.1. The summed E-state index contributed by atoms with van der Waals surface area (Å²) in [5.41, 5.74) is 1.91. The third-order valence-electron chi connectivity index (χ3n) is 3.36. The largest absolute Gasteiger partial charge is 0.497 e. The number of carbonyl (C=O) groups excluding carboxylic acids is 1. The molecule has 1 aromatic heterocycles. The maximum Gasteiger partial charge on any atom is 0.234 e. The first-order chi connectivity index (χ1) is 13.1. The molecule has 0 spiro atoms. The molecule has 2 aromatic carbocycles. The van der Waals surface area contributed by atoms with Gasteiger partial charge in [-0.1, -0.05) is 58.6 Å². The van der Waals surface area contributed by atoms with Gasteiger partial charge in [-0.15, -0.1) is 10.2 Å². The monoisotopic (exact) mass is 437 g/mol. The number of carbonyl (C=O) groups is 1. The number of thioether (sulfide) groups is 2. The Morgan fingerprint density at radius 3 is 2.41 bits per heavy atom. The van der Waals surface area contributed by atoms with Crippen molar-refractivity contribution in [3.63, 3.8) is 0 Å². The van der Waals surface area contributed by atoms with E-state index in [2.05, 4.69) is 15.5 Å². The van der Waals surface area contributed by atoms with Crippen LogP contribution in [0.5, 0.6) is 5.75 Å². The van der Waals surface area contributed by atoms with Gasteiger partial charge in [-0.05, 0) is 42.0 Å². The number of rotatable bonds is 8. The fourth-order valence-electron chi connectivity index (χ4n) is 2.04. The lowest BCUT2D eigenvalue weighted by molar-refractivity contribution is -0.113. The fourth-order valence-corrected chi connectivity index (χ4v) is 4.94. The van der Waals surface area contributed by atoms with Crippen LogP contribution in [-0.4, -0.2) is 29.0 Å². The van der Waals surface area contributed by atoms with E-state index in [4.69, 9.17) is 16.3 Å². The van der Waals surface area contributed by atoms with Crippen molar-refractivity contribution in [2.45, 2.75) is 14.4 Å². The highest BCUT2D eigenvalue weighted by Crippen LogP contribution is 2.31. The van der Waals surface area contributed by atoms with Gasteiger partial charge in [-0.3, -0.25) is 4.79 Å². The quantitative estimate of drug-likeness (QED) is 0.487. The van der Waals surface area contributed by atoms with Gasteiger partial charge in [0.25, 0.3) is 0 Å². The van der Waals surface area contributed by atoms with E-state index in [0.717, 1.165) is 30.9 Å². The normalized spacial score (nSPS) is 10.6. The molecule has 0 unspecified atom stereocenters. The summed E-state index contributed by atoms with van der Waals surface area (Å²) in [5, 5.41) is 11.9. The molecule has 3 aromatic rings. The Hall–Kier alpha value is -1.74. The molecule has 0 aliphatic carbocycles. The molecule has 9 heteroatoms. The zero-order valence-corrected chi connectivity index (χ0v) is 17.6. The summed E-state index contributed by atoms with van der Waals surface area (Å²) >= 11 is 10.4. The van der Waals surface area contributed by atoms with Crippen LogP contribution in [-0.2, 0) is 10.5 Å². The standard InChI is InChI=1S/C18H16ClN3O2S3/c1-24-15-8-6-14(7-9-15)20-16(23)11-26-18-22-21-17(27-18)25-10-12-2-4-13(19)5-3-12/h2-9H,10-11H2,1H3,(H,20,23). The molecule has 0 atom stereocenters. The molecule has 0 aliphatic heterocycles. The van der Waals surface area contributed by atoms with Gasteiger partial charge in [-0.25, -0.2) is 0 Å². The van der Waals surface area contributed by atoms with Gasteiger partial charge in [0.1, 0.15) is 5.75 Å². The highest BCUT2D eigenvalue weighted by Gasteiger charge is 2.09. The maximum absolute atomic E-state index is 12.1. The number of hydrogen-bond acceptors (Lipinski definition) is 7. The number of nitrogens with zero attached hydrogens (tertiary/aromatic N) is 2. The first kappa shape index (κ1) is 20.0. The van der Waals surface area contributed by atoms with Crippen LogP contribution in [0.1, 0.15) is 5.56 Å². The van der Waals surface area contributed by atoms with E-state index in [1.54, 1.807) is 43.1 Å². The van der Waals surface area contributed by atoms with Crippen molar-refractivity contribution in [1.29, 1.82) is 0 Å². The fraction of sp³-hybridized carbons (Fsp3) is 0.167. The molecule has 1 heterocycles. The van der Waals surface area contributed by atoms with Crippen molar-refractivity contribution in [2.24, 2.45) is 0 Å². The average Bonchev–Trinajstić information content (AvgIpc) is 3.14. The summed E-state index contributed by atoms with van der Waals surface area (Å²) in [7, 11) is 1.61. The third kappa shape index (κ3) is 6.42. The molecule has 0 radical (unpaired) electrons. The molecule has 0 aliphatic rings. The summed E-state index contributed by atoms with van der Waals surface area (Å²) in [6, 6.07) is 15.0. The smallest absolute Gasteiger partial charge is 0.234 e. The maximum atomic E-state index is 12.1. The molecule has 27 heavy (non-hydrogen) atoms. The van der Waals surface area contributed by atoms with Gasteiger partial charge < -0.3 is 10.1 Å². The predicted molar refractivity (Wildman–Crippen MR) is 113 cm³/mol. The second-order valence-corrected chi connectivity index (χ2v) is 9.17. The van der Waals surface area contributed by atoms with E-state index in [1.807, 2.05) is 24.3 Å².